The van der Waals surface area contributed by atoms with Gasteiger partial charge in [-0.2, -0.15) is 15.5 Å². The van der Waals surface area contributed by atoms with Crippen molar-refractivity contribution in [3.05, 3.63) is 68.3 Å². The fraction of sp³-hybridized carbons (Fsp3) is 0.280. The highest BCUT2D eigenvalue weighted by Crippen LogP contribution is 2.36. The number of nitrogens with one attached hydrogen (secondary N) is 1. The average Bonchev–Trinajstić information content (AvgIpc) is 2.83. The third-order valence-corrected chi connectivity index (χ3v) is 6.43. The summed E-state index contributed by atoms with van der Waals surface area (Å²) in [5.74, 6) is 1.47. The predicted molar refractivity (Wildman–Crippen MR) is 135 cm³/mol. The first-order valence-corrected chi connectivity index (χ1v) is 12.0. The van der Waals surface area contributed by atoms with Crippen molar-refractivity contribution >= 4 is 39.2 Å². The number of anilines is 2. The zero-order valence-corrected chi connectivity index (χ0v) is 21.1. The number of benzene rings is 2. The lowest BCUT2D eigenvalue weighted by Crippen LogP contribution is -2.41. The minimum Gasteiger partial charge on any atom is -0.437 e. The topological polar surface area (TPSA) is 97.9 Å². The molecule has 7 nitrogen and oxygen atoms in total. The van der Waals surface area contributed by atoms with Crippen LogP contribution in [0.25, 0.3) is 0 Å². The molecule has 0 aliphatic carbocycles. The molecule has 1 aliphatic rings. The van der Waals surface area contributed by atoms with Crippen LogP contribution in [0, 0.1) is 36.5 Å². The van der Waals surface area contributed by atoms with E-state index in [0.717, 1.165) is 42.7 Å². The Balaban J connectivity index is 1.78. The largest absolute Gasteiger partial charge is 0.437 e. The SMILES string of the molecule is Cc1cc(C#N)cc(C)c1Oc1nc(N(c2cc(Cl)cc(C#N)c2)C2CCNCC2)ncc1Br. The van der Waals surface area contributed by atoms with Gasteiger partial charge in [-0.3, -0.25) is 0 Å². The molecule has 1 aromatic heterocycles. The molecule has 1 fully saturated rings. The Bertz CT molecular complexity index is 1290. The molecule has 0 atom stereocenters. The normalized spacial score (nSPS) is 13.7. The van der Waals surface area contributed by atoms with Crippen molar-refractivity contribution in [1.29, 1.82) is 10.5 Å². The van der Waals surface area contributed by atoms with Crippen molar-refractivity contribution in [2.45, 2.75) is 32.7 Å². The molecule has 0 unspecified atom stereocenters. The molecule has 34 heavy (non-hydrogen) atoms. The molecule has 1 aliphatic heterocycles. The fourth-order valence-electron chi connectivity index (χ4n) is 4.14. The van der Waals surface area contributed by atoms with Crippen molar-refractivity contribution < 1.29 is 4.74 Å². The van der Waals surface area contributed by atoms with Gasteiger partial charge in [0.05, 0.1) is 33.9 Å². The maximum Gasteiger partial charge on any atom is 0.238 e. The second kappa shape index (κ2) is 10.4. The van der Waals surface area contributed by atoms with Crippen LogP contribution in [-0.4, -0.2) is 29.1 Å². The second-order valence-corrected chi connectivity index (χ2v) is 9.43. The number of hydrogen-bond donors (Lipinski definition) is 1. The van der Waals surface area contributed by atoms with Crippen molar-refractivity contribution in [2.75, 3.05) is 18.0 Å². The van der Waals surface area contributed by atoms with Crippen molar-refractivity contribution in [1.82, 2.24) is 15.3 Å². The monoisotopic (exact) mass is 536 g/mol. The molecular formula is C25H22BrClN6O. The Hall–Kier alpha value is -3.17. The highest BCUT2D eigenvalue weighted by Gasteiger charge is 2.27. The summed E-state index contributed by atoms with van der Waals surface area (Å²) in [5, 5.41) is 22.6. The molecule has 2 aromatic carbocycles. The minimum atomic E-state index is 0.124. The molecule has 4 rings (SSSR count). The third-order valence-electron chi connectivity index (χ3n) is 5.67. The Morgan fingerprint density at radius 3 is 2.35 bits per heavy atom. The van der Waals surface area contributed by atoms with Crippen molar-refractivity contribution in [3.8, 4) is 23.8 Å². The number of halogens is 2. The second-order valence-electron chi connectivity index (χ2n) is 8.14. The van der Waals surface area contributed by atoms with Crippen LogP contribution in [0.1, 0.15) is 35.1 Å². The Kier molecular flexibility index (Phi) is 7.33. The Morgan fingerprint density at radius 2 is 1.71 bits per heavy atom. The lowest BCUT2D eigenvalue weighted by atomic mass is 10.0. The number of nitriles is 2. The predicted octanol–water partition coefficient (Wildman–Crippen LogP) is 5.94. The number of aromatic nitrogens is 2. The molecule has 0 spiro atoms. The standard InChI is InChI=1S/C25H22BrClN6O/c1-15-7-17(12-28)8-16(2)23(15)34-24-22(26)14-31-25(32-24)33(20-3-5-30-6-4-20)21-10-18(13-29)9-19(27)11-21/h7-11,14,20,30H,3-6H2,1-2H3. The summed E-state index contributed by atoms with van der Waals surface area (Å²) in [6, 6.07) is 13.3. The van der Waals surface area contributed by atoms with E-state index in [2.05, 4.69) is 38.4 Å². The van der Waals surface area contributed by atoms with E-state index >= 15 is 0 Å². The number of nitrogens with zero attached hydrogens (tertiary/aromatic N) is 5. The van der Waals surface area contributed by atoms with E-state index in [-0.39, 0.29) is 6.04 Å². The van der Waals surface area contributed by atoms with Crippen LogP contribution in [-0.2, 0) is 0 Å². The average molecular weight is 538 g/mol. The van der Waals surface area contributed by atoms with Gasteiger partial charge in [0.25, 0.3) is 0 Å². The number of piperidine rings is 1. The van der Waals surface area contributed by atoms with Crippen LogP contribution in [0.15, 0.2) is 41.0 Å². The van der Waals surface area contributed by atoms with E-state index < -0.39 is 0 Å². The smallest absolute Gasteiger partial charge is 0.238 e. The molecule has 0 amide bonds. The molecule has 9 heteroatoms. The summed E-state index contributed by atoms with van der Waals surface area (Å²) in [6.45, 7) is 5.54. The van der Waals surface area contributed by atoms with Crippen LogP contribution >= 0.6 is 27.5 Å². The number of aryl methyl sites for hydroxylation is 2. The minimum absolute atomic E-state index is 0.124. The zero-order chi connectivity index (χ0) is 24.2. The lowest BCUT2D eigenvalue weighted by Gasteiger charge is -2.35. The molecule has 2 heterocycles. The van der Waals surface area contributed by atoms with Gasteiger partial charge in [-0.15, -0.1) is 0 Å². The first kappa shape index (κ1) is 24.0. The quantitative estimate of drug-likeness (QED) is 0.430. The van der Waals surface area contributed by atoms with Gasteiger partial charge in [-0.05, 0) is 97.2 Å². The van der Waals surface area contributed by atoms with Crippen LogP contribution in [0.5, 0.6) is 11.6 Å². The van der Waals surface area contributed by atoms with Gasteiger partial charge in [0.2, 0.25) is 11.8 Å². The van der Waals surface area contributed by atoms with E-state index in [9.17, 15) is 10.5 Å². The molecule has 3 aromatic rings. The Morgan fingerprint density at radius 1 is 1.06 bits per heavy atom. The molecular weight excluding hydrogens is 516 g/mol. The number of ether oxygens (including phenoxy) is 1. The lowest BCUT2D eigenvalue weighted by molar-refractivity contribution is 0.437. The highest BCUT2D eigenvalue weighted by atomic mass is 79.9. The van der Waals surface area contributed by atoms with Crippen LogP contribution < -0.4 is 15.0 Å². The first-order valence-electron chi connectivity index (χ1n) is 10.8. The van der Waals surface area contributed by atoms with Gasteiger partial charge < -0.3 is 15.0 Å². The molecule has 0 radical (unpaired) electrons. The number of hydrogen-bond acceptors (Lipinski definition) is 7. The van der Waals surface area contributed by atoms with Gasteiger partial charge in [0.15, 0.2) is 0 Å². The summed E-state index contributed by atoms with van der Waals surface area (Å²) in [6.07, 6.45) is 3.44. The van der Waals surface area contributed by atoms with E-state index in [4.69, 9.17) is 21.3 Å². The molecule has 1 saturated heterocycles. The molecule has 0 bridgehead atoms. The van der Waals surface area contributed by atoms with Gasteiger partial charge in [-0.1, -0.05) is 11.6 Å². The van der Waals surface area contributed by atoms with Crippen LogP contribution in [0.4, 0.5) is 11.6 Å². The maximum atomic E-state index is 9.47. The van der Waals surface area contributed by atoms with Crippen molar-refractivity contribution in [3.63, 3.8) is 0 Å². The van der Waals surface area contributed by atoms with Gasteiger partial charge in [0.1, 0.15) is 5.75 Å². The highest BCUT2D eigenvalue weighted by molar-refractivity contribution is 9.10. The fourth-order valence-corrected chi connectivity index (χ4v) is 4.64. The Labute approximate surface area is 212 Å². The molecule has 0 saturated carbocycles. The van der Waals surface area contributed by atoms with Crippen molar-refractivity contribution in [2.24, 2.45) is 0 Å². The summed E-state index contributed by atoms with van der Waals surface area (Å²) in [7, 11) is 0. The van der Waals surface area contributed by atoms with Gasteiger partial charge >= 0.3 is 0 Å². The summed E-state index contributed by atoms with van der Waals surface area (Å²) in [4.78, 5) is 11.4. The summed E-state index contributed by atoms with van der Waals surface area (Å²) in [5.41, 5.74) is 3.49. The van der Waals surface area contributed by atoms with Gasteiger partial charge in [-0.25, -0.2) is 4.98 Å². The zero-order valence-electron chi connectivity index (χ0n) is 18.8. The van der Waals surface area contributed by atoms with E-state index in [1.165, 1.54) is 0 Å². The van der Waals surface area contributed by atoms with E-state index in [1.54, 1.807) is 30.5 Å². The van der Waals surface area contributed by atoms with Gasteiger partial charge in [0, 0.05) is 16.8 Å². The van der Waals surface area contributed by atoms with Crippen LogP contribution in [0.2, 0.25) is 5.02 Å². The van der Waals surface area contributed by atoms with Crippen LogP contribution in [0.3, 0.4) is 0 Å². The summed E-state index contributed by atoms with van der Waals surface area (Å²) >= 11 is 9.84. The molecule has 1 N–H and O–H groups in total. The van der Waals surface area contributed by atoms with E-state index in [0.29, 0.717) is 38.2 Å². The van der Waals surface area contributed by atoms with E-state index in [1.807, 2.05) is 24.8 Å². The summed E-state index contributed by atoms with van der Waals surface area (Å²) < 4.78 is 6.83. The molecule has 172 valence electrons. The number of rotatable bonds is 5. The first-order chi connectivity index (χ1) is 16.4. The maximum absolute atomic E-state index is 9.47. The third kappa shape index (κ3) is 5.15.